The molecule has 2 aliphatic heterocycles. The first kappa shape index (κ1) is 16.0. The van der Waals surface area contributed by atoms with Crippen LogP contribution in [0.25, 0.3) is 0 Å². The average Bonchev–Trinajstić information content (AvgIpc) is 2.97. The van der Waals surface area contributed by atoms with Gasteiger partial charge in [-0.2, -0.15) is 0 Å². The highest BCUT2D eigenvalue weighted by molar-refractivity contribution is 5.72. The minimum Gasteiger partial charge on any atom is -0.342 e. The van der Waals surface area contributed by atoms with E-state index in [-0.39, 0.29) is 12.3 Å². The maximum Gasteiger partial charge on any atom is 0.424 e. The Morgan fingerprint density at radius 1 is 1.43 bits per heavy atom. The van der Waals surface area contributed by atoms with Gasteiger partial charge in [-0.05, 0) is 36.6 Å². The van der Waals surface area contributed by atoms with Gasteiger partial charge in [0.05, 0.1) is 6.54 Å². The van der Waals surface area contributed by atoms with Crippen LogP contribution in [-0.2, 0) is 11.2 Å². The quantitative estimate of drug-likeness (QED) is 0.839. The monoisotopic (exact) mass is 316 g/mol. The van der Waals surface area contributed by atoms with Crippen molar-refractivity contribution in [1.82, 2.24) is 5.32 Å². The molecule has 2 unspecified atom stereocenters. The molecule has 2 N–H and O–H groups in total. The van der Waals surface area contributed by atoms with Gasteiger partial charge in [-0.3, -0.25) is 5.32 Å². The SMILES string of the molecule is CCc1cc(NC2=CC[N+]3(CCCC3OC)C(=O)N2)ccc1C. The molecule has 1 aromatic rings. The fourth-order valence-corrected chi connectivity index (χ4v) is 3.68. The smallest absolute Gasteiger partial charge is 0.342 e. The van der Waals surface area contributed by atoms with Crippen LogP contribution in [0.4, 0.5) is 10.5 Å². The highest BCUT2D eigenvalue weighted by atomic mass is 16.5. The van der Waals surface area contributed by atoms with Crippen molar-refractivity contribution in [3.8, 4) is 0 Å². The summed E-state index contributed by atoms with van der Waals surface area (Å²) in [4.78, 5) is 12.7. The van der Waals surface area contributed by atoms with Gasteiger partial charge in [0.25, 0.3) is 0 Å². The number of hydrogen-bond acceptors (Lipinski definition) is 3. The highest BCUT2D eigenvalue weighted by Gasteiger charge is 2.50. The lowest BCUT2D eigenvalue weighted by molar-refractivity contribution is -0.881. The number of rotatable bonds is 4. The second-order valence-corrected chi connectivity index (χ2v) is 6.44. The first-order valence-corrected chi connectivity index (χ1v) is 8.37. The van der Waals surface area contributed by atoms with E-state index in [1.54, 1.807) is 7.11 Å². The summed E-state index contributed by atoms with van der Waals surface area (Å²) in [6, 6.07) is 6.34. The molecular weight excluding hydrogens is 290 g/mol. The van der Waals surface area contributed by atoms with E-state index >= 15 is 0 Å². The molecule has 0 aromatic heterocycles. The van der Waals surface area contributed by atoms with E-state index in [1.165, 1.54) is 11.1 Å². The number of carbonyl (C=O) groups excluding carboxylic acids is 1. The molecule has 23 heavy (non-hydrogen) atoms. The number of carbonyl (C=O) groups is 1. The third-order valence-corrected chi connectivity index (χ3v) is 5.11. The molecule has 1 saturated heterocycles. The maximum absolute atomic E-state index is 12.7. The zero-order valence-corrected chi connectivity index (χ0v) is 14.2. The number of nitrogens with one attached hydrogen (secondary N) is 2. The van der Waals surface area contributed by atoms with Crippen molar-refractivity contribution in [2.45, 2.75) is 39.3 Å². The van der Waals surface area contributed by atoms with Crippen molar-refractivity contribution < 1.29 is 14.0 Å². The summed E-state index contributed by atoms with van der Waals surface area (Å²) in [5.74, 6) is 0.770. The average molecular weight is 316 g/mol. The lowest BCUT2D eigenvalue weighted by Crippen LogP contribution is -2.63. The molecule has 2 heterocycles. The number of methoxy groups -OCH3 is 1. The third-order valence-electron chi connectivity index (χ3n) is 5.11. The van der Waals surface area contributed by atoms with Gasteiger partial charge in [-0.1, -0.05) is 13.0 Å². The molecule has 1 aromatic carbocycles. The minimum atomic E-state index is -0.0288. The van der Waals surface area contributed by atoms with Gasteiger partial charge in [-0.25, -0.2) is 9.28 Å². The van der Waals surface area contributed by atoms with Crippen LogP contribution in [0, 0.1) is 6.92 Å². The number of nitrogens with zero attached hydrogens (tertiary/aromatic N) is 1. The van der Waals surface area contributed by atoms with E-state index in [0.717, 1.165) is 37.3 Å². The molecule has 124 valence electrons. The molecule has 5 heteroatoms. The summed E-state index contributed by atoms with van der Waals surface area (Å²) >= 11 is 0. The van der Waals surface area contributed by atoms with Crippen LogP contribution in [0.15, 0.2) is 30.1 Å². The number of ether oxygens (including phenoxy) is 1. The molecule has 0 aliphatic carbocycles. The Labute approximate surface area is 137 Å². The molecule has 2 atom stereocenters. The van der Waals surface area contributed by atoms with Gasteiger partial charge in [0.2, 0.25) is 6.23 Å². The number of amides is 2. The zero-order chi connectivity index (χ0) is 16.4. The summed E-state index contributed by atoms with van der Waals surface area (Å²) in [6.07, 6.45) is 5.02. The number of quaternary nitrogens is 1. The van der Waals surface area contributed by atoms with Gasteiger partial charge < -0.3 is 10.1 Å². The Morgan fingerprint density at radius 2 is 2.26 bits per heavy atom. The Morgan fingerprint density at radius 3 is 2.96 bits per heavy atom. The maximum atomic E-state index is 12.7. The van der Waals surface area contributed by atoms with Gasteiger partial charge >= 0.3 is 6.03 Å². The van der Waals surface area contributed by atoms with Gasteiger partial charge in [0, 0.05) is 31.7 Å². The van der Waals surface area contributed by atoms with E-state index in [2.05, 4.69) is 42.7 Å². The van der Waals surface area contributed by atoms with Crippen LogP contribution in [0.3, 0.4) is 0 Å². The van der Waals surface area contributed by atoms with Gasteiger partial charge in [0.1, 0.15) is 12.4 Å². The summed E-state index contributed by atoms with van der Waals surface area (Å²) in [5.41, 5.74) is 3.63. The zero-order valence-electron chi connectivity index (χ0n) is 14.2. The van der Waals surface area contributed by atoms with Gasteiger partial charge in [0.15, 0.2) is 0 Å². The van der Waals surface area contributed by atoms with Crippen molar-refractivity contribution in [2.75, 3.05) is 25.5 Å². The summed E-state index contributed by atoms with van der Waals surface area (Å²) in [7, 11) is 1.69. The summed E-state index contributed by atoms with van der Waals surface area (Å²) in [6.45, 7) is 5.80. The molecule has 0 saturated carbocycles. The molecule has 1 fully saturated rings. The molecule has 0 radical (unpaired) electrons. The molecular formula is C18H26N3O2+. The summed E-state index contributed by atoms with van der Waals surface area (Å²) < 4.78 is 5.90. The molecule has 2 aliphatic rings. The number of aryl methyl sites for hydroxylation is 2. The van der Waals surface area contributed by atoms with Crippen molar-refractivity contribution in [2.24, 2.45) is 0 Å². The van der Waals surface area contributed by atoms with E-state index in [9.17, 15) is 4.79 Å². The van der Waals surface area contributed by atoms with Gasteiger partial charge in [-0.15, -0.1) is 0 Å². The van der Waals surface area contributed by atoms with E-state index in [4.69, 9.17) is 4.74 Å². The predicted octanol–water partition coefficient (Wildman–Crippen LogP) is 3.12. The molecule has 2 amide bonds. The fraction of sp³-hybridized carbons (Fsp3) is 0.500. The van der Waals surface area contributed by atoms with Crippen molar-refractivity contribution in [3.63, 3.8) is 0 Å². The molecule has 1 spiro atoms. The second kappa shape index (κ2) is 6.34. The normalized spacial score (nSPS) is 27.0. The summed E-state index contributed by atoms with van der Waals surface area (Å²) in [5, 5.41) is 6.35. The number of urea groups is 1. The lowest BCUT2D eigenvalue weighted by atomic mass is 10.1. The molecule has 5 nitrogen and oxygen atoms in total. The molecule has 3 rings (SSSR count). The Balaban J connectivity index is 1.76. The van der Waals surface area contributed by atoms with Crippen LogP contribution in [0.5, 0.6) is 0 Å². The van der Waals surface area contributed by atoms with Crippen LogP contribution >= 0.6 is 0 Å². The third kappa shape index (κ3) is 2.86. The first-order valence-electron chi connectivity index (χ1n) is 8.37. The minimum absolute atomic E-state index is 0.0288. The topological polar surface area (TPSA) is 50.4 Å². The van der Waals surface area contributed by atoms with E-state index < -0.39 is 0 Å². The van der Waals surface area contributed by atoms with Crippen molar-refractivity contribution in [1.29, 1.82) is 0 Å². The highest BCUT2D eigenvalue weighted by Crippen LogP contribution is 2.30. The number of hydrogen-bond donors (Lipinski definition) is 2. The predicted molar refractivity (Wildman–Crippen MR) is 90.8 cm³/mol. The Kier molecular flexibility index (Phi) is 4.41. The first-order chi connectivity index (χ1) is 11.1. The van der Waals surface area contributed by atoms with E-state index in [0.29, 0.717) is 11.0 Å². The Bertz CT molecular complexity index is 641. The van der Waals surface area contributed by atoms with Crippen molar-refractivity contribution in [3.05, 3.63) is 41.2 Å². The lowest BCUT2D eigenvalue weighted by Gasteiger charge is -2.37. The van der Waals surface area contributed by atoms with Crippen LogP contribution in [-0.4, -0.2) is 36.9 Å². The van der Waals surface area contributed by atoms with Crippen LogP contribution in [0.1, 0.15) is 30.9 Å². The van der Waals surface area contributed by atoms with E-state index in [1.807, 2.05) is 6.07 Å². The second-order valence-electron chi connectivity index (χ2n) is 6.44. The Hall–Kier alpha value is -1.85. The standard InChI is InChI=1S/C18H25N3O2/c1-4-14-12-15(8-7-13(14)2)19-16-9-11-21(18(22)20-16)10-5-6-17(21)23-3/h7-9,12,17,19H,4-6,10-11H2,1-3H3/p+1. The fourth-order valence-electron chi connectivity index (χ4n) is 3.68. The number of benzene rings is 1. The molecule has 0 bridgehead atoms. The van der Waals surface area contributed by atoms with Crippen molar-refractivity contribution >= 4 is 11.7 Å². The number of anilines is 1. The van der Waals surface area contributed by atoms with Crippen LogP contribution < -0.4 is 10.6 Å². The van der Waals surface area contributed by atoms with Crippen LogP contribution in [0.2, 0.25) is 0 Å². The largest absolute Gasteiger partial charge is 0.424 e.